The molecule has 0 saturated heterocycles. The van der Waals surface area contributed by atoms with Crippen LogP contribution in [0, 0.1) is 0 Å². The van der Waals surface area contributed by atoms with Crippen LogP contribution in [0.15, 0.2) is 60.7 Å². The first-order valence-electron chi connectivity index (χ1n) is 8.75. The van der Waals surface area contributed by atoms with E-state index in [4.69, 9.17) is 0 Å². The summed E-state index contributed by atoms with van der Waals surface area (Å²) < 4.78 is 25.5. The predicted molar refractivity (Wildman–Crippen MR) is 109 cm³/mol. The maximum Gasteiger partial charge on any atom is 0.255 e. The molecule has 3 aromatic rings. The first-order chi connectivity index (χ1) is 12.8. The molecule has 1 aliphatic heterocycles. The molecule has 1 N–H and O–H groups in total. The van der Waals surface area contributed by atoms with Gasteiger partial charge in [0.1, 0.15) is 0 Å². The van der Waals surface area contributed by atoms with Crippen molar-refractivity contribution < 1.29 is 13.2 Å². The minimum atomic E-state index is -3.33. The molecule has 0 radical (unpaired) electrons. The summed E-state index contributed by atoms with van der Waals surface area (Å²) in [5.41, 5.74) is 2.78. The van der Waals surface area contributed by atoms with E-state index in [0.29, 0.717) is 17.7 Å². The molecule has 1 heterocycles. The smallest absolute Gasteiger partial charge is 0.255 e. The van der Waals surface area contributed by atoms with Crippen LogP contribution in [0.25, 0.3) is 10.8 Å². The van der Waals surface area contributed by atoms with Crippen molar-refractivity contribution in [1.82, 2.24) is 0 Å². The highest BCUT2D eigenvalue weighted by molar-refractivity contribution is 7.92. The zero-order valence-corrected chi connectivity index (χ0v) is 16.0. The van der Waals surface area contributed by atoms with Gasteiger partial charge in [0.15, 0.2) is 0 Å². The van der Waals surface area contributed by atoms with E-state index in [0.717, 1.165) is 22.0 Å². The van der Waals surface area contributed by atoms with E-state index >= 15 is 0 Å². The number of amides is 1. The summed E-state index contributed by atoms with van der Waals surface area (Å²) in [6, 6.07) is 18.8. The van der Waals surface area contributed by atoms with Crippen molar-refractivity contribution in [3.05, 3.63) is 71.8 Å². The number of nitrogens with one attached hydrogen (secondary N) is 1. The quantitative estimate of drug-likeness (QED) is 0.751. The molecule has 0 aromatic heterocycles. The summed E-state index contributed by atoms with van der Waals surface area (Å²) in [5.74, 6) is -0.210. The second-order valence-electron chi connectivity index (χ2n) is 6.97. The molecule has 0 aliphatic carbocycles. The molecular formula is C21H20N2O3S. The predicted octanol–water partition coefficient (Wildman–Crippen LogP) is 3.80. The van der Waals surface area contributed by atoms with E-state index in [2.05, 4.69) is 5.32 Å². The van der Waals surface area contributed by atoms with Crippen molar-refractivity contribution in [2.45, 2.75) is 19.4 Å². The fourth-order valence-electron chi connectivity index (χ4n) is 3.72. The lowest BCUT2D eigenvalue weighted by molar-refractivity contribution is 0.102. The van der Waals surface area contributed by atoms with Gasteiger partial charge in [-0.25, -0.2) is 8.42 Å². The number of benzene rings is 3. The van der Waals surface area contributed by atoms with E-state index in [1.54, 1.807) is 18.2 Å². The van der Waals surface area contributed by atoms with Gasteiger partial charge in [-0.1, -0.05) is 30.3 Å². The minimum Gasteiger partial charge on any atom is -0.322 e. The Balaban J connectivity index is 1.60. The van der Waals surface area contributed by atoms with Gasteiger partial charge < -0.3 is 5.32 Å². The number of carbonyl (C=O) groups excluding carboxylic acids is 1. The molecule has 27 heavy (non-hydrogen) atoms. The Kier molecular flexibility index (Phi) is 4.15. The van der Waals surface area contributed by atoms with Crippen LogP contribution in [0.3, 0.4) is 0 Å². The first-order valence-corrected chi connectivity index (χ1v) is 10.6. The molecule has 3 aromatic carbocycles. The van der Waals surface area contributed by atoms with Gasteiger partial charge >= 0.3 is 0 Å². The lowest BCUT2D eigenvalue weighted by Crippen LogP contribution is -2.34. The number of hydrogen-bond donors (Lipinski definition) is 1. The average molecular weight is 380 g/mol. The van der Waals surface area contributed by atoms with Crippen molar-refractivity contribution in [3.63, 3.8) is 0 Å². The Hall–Kier alpha value is -2.86. The number of hydrogen-bond acceptors (Lipinski definition) is 3. The molecule has 6 heteroatoms. The Labute approximate surface area is 158 Å². The molecule has 0 bridgehead atoms. The van der Waals surface area contributed by atoms with Gasteiger partial charge in [-0.3, -0.25) is 9.10 Å². The van der Waals surface area contributed by atoms with Crippen molar-refractivity contribution in [2.24, 2.45) is 0 Å². The molecular weight excluding hydrogens is 360 g/mol. The second-order valence-corrected chi connectivity index (χ2v) is 8.83. The summed E-state index contributed by atoms with van der Waals surface area (Å²) in [6.45, 7) is 1.87. The highest BCUT2D eigenvalue weighted by atomic mass is 32.2. The molecule has 1 aliphatic rings. The summed E-state index contributed by atoms with van der Waals surface area (Å²) >= 11 is 0. The van der Waals surface area contributed by atoms with E-state index < -0.39 is 10.0 Å². The van der Waals surface area contributed by atoms with Crippen LogP contribution in [0.5, 0.6) is 0 Å². The van der Waals surface area contributed by atoms with Crippen molar-refractivity contribution in [2.75, 3.05) is 15.9 Å². The Morgan fingerprint density at radius 2 is 1.78 bits per heavy atom. The van der Waals surface area contributed by atoms with E-state index in [-0.39, 0.29) is 11.9 Å². The van der Waals surface area contributed by atoms with Crippen LogP contribution in [0.1, 0.15) is 22.8 Å². The van der Waals surface area contributed by atoms with Crippen molar-refractivity contribution in [3.8, 4) is 0 Å². The van der Waals surface area contributed by atoms with Crippen LogP contribution < -0.4 is 9.62 Å². The molecule has 0 fully saturated rings. The molecule has 0 saturated carbocycles. The van der Waals surface area contributed by atoms with Crippen LogP contribution in [0.2, 0.25) is 0 Å². The average Bonchev–Trinajstić information content (AvgIpc) is 2.96. The highest BCUT2D eigenvalue weighted by Gasteiger charge is 2.32. The maximum atomic E-state index is 12.7. The molecule has 0 unspecified atom stereocenters. The van der Waals surface area contributed by atoms with Gasteiger partial charge in [-0.15, -0.1) is 0 Å². The Bertz CT molecular complexity index is 1160. The third-order valence-electron chi connectivity index (χ3n) is 4.86. The fraction of sp³-hybridized carbons (Fsp3) is 0.190. The Morgan fingerprint density at radius 1 is 1.04 bits per heavy atom. The standard InChI is InChI=1S/C21H20N2O3S/c1-14-11-18-12-17(8-10-20(18)23(14)27(2,25)26)21(24)22-19-9-7-15-5-3-4-6-16(15)13-19/h3-10,12-14H,11H2,1-2H3,(H,22,24)/t14-/m1/s1. The normalized spacial score (nSPS) is 16.4. The number of sulfonamides is 1. The number of fused-ring (bicyclic) bond motifs is 2. The zero-order valence-electron chi connectivity index (χ0n) is 15.1. The number of anilines is 2. The van der Waals surface area contributed by atoms with E-state index in [1.165, 1.54) is 10.6 Å². The van der Waals surface area contributed by atoms with Gasteiger partial charge in [0.25, 0.3) is 5.91 Å². The molecule has 1 atom stereocenters. The number of carbonyl (C=O) groups is 1. The molecule has 4 rings (SSSR count). The van der Waals surface area contributed by atoms with Gasteiger partial charge in [0, 0.05) is 17.3 Å². The second kappa shape index (κ2) is 6.39. The SMILES string of the molecule is C[C@@H]1Cc2cc(C(=O)Nc3ccc4ccccc4c3)ccc2N1S(C)(=O)=O. The third kappa shape index (κ3) is 3.28. The molecule has 5 nitrogen and oxygen atoms in total. The maximum absolute atomic E-state index is 12.7. The van der Waals surface area contributed by atoms with Crippen LogP contribution in [0.4, 0.5) is 11.4 Å². The largest absolute Gasteiger partial charge is 0.322 e. The van der Waals surface area contributed by atoms with Crippen molar-refractivity contribution >= 4 is 38.1 Å². The van der Waals surface area contributed by atoms with Crippen LogP contribution >= 0.6 is 0 Å². The summed E-state index contributed by atoms with van der Waals surface area (Å²) in [6.07, 6.45) is 1.80. The van der Waals surface area contributed by atoms with Gasteiger partial charge in [0.05, 0.1) is 11.9 Å². The minimum absolute atomic E-state index is 0.145. The topological polar surface area (TPSA) is 66.5 Å². The Morgan fingerprint density at radius 3 is 2.52 bits per heavy atom. The highest BCUT2D eigenvalue weighted by Crippen LogP contribution is 2.34. The lowest BCUT2D eigenvalue weighted by Gasteiger charge is -2.21. The number of rotatable bonds is 3. The van der Waals surface area contributed by atoms with Gasteiger partial charge in [-0.05, 0) is 60.0 Å². The monoisotopic (exact) mass is 380 g/mol. The number of nitrogens with zero attached hydrogens (tertiary/aromatic N) is 1. The molecule has 138 valence electrons. The van der Waals surface area contributed by atoms with Crippen molar-refractivity contribution in [1.29, 1.82) is 0 Å². The van der Waals surface area contributed by atoms with E-state index in [9.17, 15) is 13.2 Å². The summed E-state index contributed by atoms with van der Waals surface area (Å²) in [5, 5.41) is 5.09. The zero-order chi connectivity index (χ0) is 19.2. The third-order valence-corrected chi connectivity index (χ3v) is 6.13. The van der Waals surface area contributed by atoms with Gasteiger partial charge in [0.2, 0.25) is 10.0 Å². The summed E-state index contributed by atoms with van der Waals surface area (Å²) in [7, 11) is -3.33. The summed E-state index contributed by atoms with van der Waals surface area (Å²) in [4.78, 5) is 12.7. The fourth-order valence-corrected chi connectivity index (χ4v) is 4.98. The van der Waals surface area contributed by atoms with E-state index in [1.807, 2.05) is 49.4 Å². The van der Waals surface area contributed by atoms with Crippen LogP contribution in [-0.2, 0) is 16.4 Å². The van der Waals surface area contributed by atoms with Crippen LogP contribution in [-0.4, -0.2) is 26.6 Å². The molecule has 0 spiro atoms. The molecule has 1 amide bonds. The first kappa shape index (κ1) is 17.5. The lowest BCUT2D eigenvalue weighted by atomic mass is 10.1. The van der Waals surface area contributed by atoms with Gasteiger partial charge in [-0.2, -0.15) is 0 Å².